The third kappa shape index (κ3) is 2.93. The van der Waals surface area contributed by atoms with Gasteiger partial charge in [0, 0.05) is 10.5 Å². The van der Waals surface area contributed by atoms with Crippen molar-refractivity contribution in [3.8, 4) is 11.5 Å². The molecular weight excluding hydrogens is 330 g/mol. The lowest BCUT2D eigenvalue weighted by molar-refractivity contribution is 0.336. The fourth-order valence-electron chi connectivity index (χ4n) is 3.89. The van der Waals surface area contributed by atoms with Crippen LogP contribution in [-0.4, -0.2) is 20.8 Å². The standard InChI is InChI=1S/C17H24BrNO2/c1-4-19-17(12-6-10-5-11(10)7-12)13-8-15(20-2)16(21-3)9-14(13)18/h8-12,17,19H,4-7H2,1-3H3. The average Bonchev–Trinajstić information content (AvgIpc) is 3.11. The summed E-state index contributed by atoms with van der Waals surface area (Å²) in [5.74, 6) is 4.31. The van der Waals surface area contributed by atoms with Crippen molar-refractivity contribution in [2.45, 2.75) is 32.2 Å². The predicted molar refractivity (Wildman–Crippen MR) is 88.0 cm³/mol. The fraction of sp³-hybridized carbons (Fsp3) is 0.647. The lowest BCUT2D eigenvalue weighted by atomic mass is 9.89. The molecule has 0 saturated heterocycles. The number of methoxy groups -OCH3 is 2. The molecule has 4 heteroatoms. The van der Waals surface area contributed by atoms with Crippen molar-refractivity contribution in [3.63, 3.8) is 0 Å². The number of ether oxygens (including phenoxy) is 2. The monoisotopic (exact) mass is 353 g/mol. The van der Waals surface area contributed by atoms with Crippen molar-refractivity contribution in [2.24, 2.45) is 17.8 Å². The van der Waals surface area contributed by atoms with Gasteiger partial charge in [0.1, 0.15) is 0 Å². The highest BCUT2D eigenvalue weighted by Gasteiger charge is 2.48. The molecule has 1 aromatic carbocycles. The zero-order chi connectivity index (χ0) is 15.0. The largest absolute Gasteiger partial charge is 0.493 e. The van der Waals surface area contributed by atoms with Gasteiger partial charge in [-0.05, 0) is 61.3 Å². The van der Waals surface area contributed by atoms with Crippen LogP contribution in [0.5, 0.6) is 11.5 Å². The molecule has 1 N–H and O–H groups in total. The van der Waals surface area contributed by atoms with Crippen LogP contribution in [0.1, 0.15) is 37.8 Å². The highest BCUT2D eigenvalue weighted by molar-refractivity contribution is 9.10. The summed E-state index contributed by atoms with van der Waals surface area (Å²) in [6, 6.07) is 4.55. The fourth-order valence-corrected chi connectivity index (χ4v) is 4.46. The lowest BCUT2D eigenvalue weighted by Crippen LogP contribution is -2.28. The number of fused-ring (bicyclic) bond motifs is 1. The Morgan fingerprint density at radius 1 is 1.14 bits per heavy atom. The van der Waals surface area contributed by atoms with Crippen molar-refractivity contribution < 1.29 is 9.47 Å². The van der Waals surface area contributed by atoms with Gasteiger partial charge in [0.05, 0.1) is 14.2 Å². The SMILES string of the molecule is CCNC(c1cc(OC)c(OC)cc1Br)C1CC2CC2C1. The number of benzene rings is 1. The molecule has 0 spiro atoms. The molecular formula is C17H24BrNO2. The smallest absolute Gasteiger partial charge is 0.161 e. The summed E-state index contributed by atoms with van der Waals surface area (Å²) in [7, 11) is 3.37. The quantitative estimate of drug-likeness (QED) is 0.832. The van der Waals surface area contributed by atoms with Crippen molar-refractivity contribution in [3.05, 3.63) is 22.2 Å². The summed E-state index contributed by atoms with van der Waals surface area (Å²) in [4.78, 5) is 0. The molecule has 0 radical (unpaired) electrons. The van der Waals surface area contributed by atoms with Gasteiger partial charge in [-0.15, -0.1) is 0 Å². The second-order valence-corrected chi connectivity index (χ2v) is 7.11. The van der Waals surface area contributed by atoms with E-state index in [1.54, 1.807) is 14.2 Å². The van der Waals surface area contributed by atoms with Gasteiger partial charge in [0.15, 0.2) is 11.5 Å². The van der Waals surface area contributed by atoms with Crippen LogP contribution in [0.2, 0.25) is 0 Å². The van der Waals surface area contributed by atoms with Crippen LogP contribution in [-0.2, 0) is 0 Å². The molecule has 3 rings (SSSR count). The lowest BCUT2D eigenvalue weighted by Gasteiger charge is -2.28. The molecule has 0 aromatic heterocycles. The van der Waals surface area contributed by atoms with Gasteiger partial charge in [-0.1, -0.05) is 22.9 Å². The molecule has 116 valence electrons. The molecule has 0 bridgehead atoms. The number of rotatable bonds is 6. The Balaban J connectivity index is 1.90. The van der Waals surface area contributed by atoms with Crippen LogP contribution in [0.4, 0.5) is 0 Å². The first-order chi connectivity index (χ1) is 10.2. The van der Waals surface area contributed by atoms with Crippen molar-refractivity contribution in [2.75, 3.05) is 20.8 Å². The molecule has 2 fully saturated rings. The number of hydrogen-bond donors (Lipinski definition) is 1. The summed E-state index contributed by atoms with van der Waals surface area (Å²) in [6.45, 7) is 3.16. The Morgan fingerprint density at radius 2 is 1.76 bits per heavy atom. The molecule has 21 heavy (non-hydrogen) atoms. The topological polar surface area (TPSA) is 30.5 Å². The van der Waals surface area contributed by atoms with E-state index in [4.69, 9.17) is 9.47 Å². The maximum absolute atomic E-state index is 5.48. The second kappa shape index (κ2) is 6.17. The normalized spacial score (nSPS) is 28.1. The van der Waals surface area contributed by atoms with Gasteiger partial charge >= 0.3 is 0 Å². The van der Waals surface area contributed by atoms with E-state index >= 15 is 0 Å². The van der Waals surface area contributed by atoms with Gasteiger partial charge in [0.2, 0.25) is 0 Å². The minimum absolute atomic E-state index is 0.400. The molecule has 0 aliphatic heterocycles. The van der Waals surface area contributed by atoms with Gasteiger partial charge < -0.3 is 14.8 Å². The minimum Gasteiger partial charge on any atom is -0.493 e. The van der Waals surface area contributed by atoms with E-state index in [1.807, 2.05) is 6.07 Å². The first-order valence-corrected chi connectivity index (χ1v) is 8.62. The molecule has 2 aliphatic rings. The molecule has 1 aromatic rings. The van der Waals surface area contributed by atoms with E-state index in [2.05, 4.69) is 34.2 Å². The third-order valence-corrected chi connectivity index (χ3v) is 5.70. The maximum Gasteiger partial charge on any atom is 0.161 e. The summed E-state index contributed by atoms with van der Waals surface area (Å²) < 4.78 is 12.0. The van der Waals surface area contributed by atoms with Gasteiger partial charge in [-0.3, -0.25) is 0 Å². The van der Waals surface area contributed by atoms with Crippen LogP contribution in [0.25, 0.3) is 0 Å². The average molecular weight is 354 g/mol. The predicted octanol–water partition coefficient (Wildman–Crippen LogP) is 4.16. The zero-order valence-corrected chi connectivity index (χ0v) is 14.6. The Bertz CT molecular complexity index is 510. The highest BCUT2D eigenvalue weighted by atomic mass is 79.9. The van der Waals surface area contributed by atoms with E-state index in [-0.39, 0.29) is 0 Å². The van der Waals surface area contributed by atoms with E-state index in [9.17, 15) is 0 Å². The van der Waals surface area contributed by atoms with Gasteiger partial charge in [-0.25, -0.2) is 0 Å². The number of nitrogens with one attached hydrogen (secondary N) is 1. The molecule has 2 saturated carbocycles. The summed E-state index contributed by atoms with van der Waals surface area (Å²) >= 11 is 3.72. The van der Waals surface area contributed by atoms with E-state index < -0.39 is 0 Å². The zero-order valence-electron chi connectivity index (χ0n) is 13.0. The number of hydrogen-bond acceptors (Lipinski definition) is 3. The second-order valence-electron chi connectivity index (χ2n) is 6.25. The molecule has 3 atom stereocenters. The summed E-state index contributed by atoms with van der Waals surface area (Å²) in [6.07, 6.45) is 4.19. The Hall–Kier alpha value is -0.740. The maximum atomic E-state index is 5.48. The Labute approximate surface area is 135 Å². The minimum atomic E-state index is 0.400. The molecule has 3 nitrogen and oxygen atoms in total. The van der Waals surface area contributed by atoms with E-state index in [1.165, 1.54) is 24.8 Å². The molecule has 0 amide bonds. The van der Waals surface area contributed by atoms with Crippen molar-refractivity contribution >= 4 is 15.9 Å². The van der Waals surface area contributed by atoms with Crippen LogP contribution < -0.4 is 14.8 Å². The molecule has 3 unspecified atom stereocenters. The molecule has 2 aliphatic carbocycles. The van der Waals surface area contributed by atoms with Gasteiger partial charge in [-0.2, -0.15) is 0 Å². The van der Waals surface area contributed by atoms with Crippen LogP contribution in [0, 0.1) is 17.8 Å². The summed E-state index contributed by atoms with van der Waals surface area (Å²) in [5.41, 5.74) is 1.29. The number of halogens is 1. The summed E-state index contributed by atoms with van der Waals surface area (Å²) in [5, 5.41) is 3.69. The van der Waals surface area contributed by atoms with Crippen LogP contribution in [0.3, 0.4) is 0 Å². The van der Waals surface area contributed by atoms with Crippen LogP contribution >= 0.6 is 15.9 Å². The Morgan fingerprint density at radius 3 is 2.33 bits per heavy atom. The first kappa shape index (κ1) is 15.2. The van der Waals surface area contributed by atoms with Crippen LogP contribution in [0.15, 0.2) is 16.6 Å². The van der Waals surface area contributed by atoms with E-state index in [0.29, 0.717) is 6.04 Å². The molecule has 0 heterocycles. The highest BCUT2D eigenvalue weighted by Crippen LogP contribution is 2.57. The van der Waals surface area contributed by atoms with E-state index in [0.717, 1.165) is 40.3 Å². The van der Waals surface area contributed by atoms with Gasteiger partial charge in [0.25, 0.3) is 0 Å². The third-order valence-electron chi connectivity index (χ3n) is 5.01. The first-order valence-electron chi connectivity index (χ1n) is 7.82. The Kier molecular flexibility index (Phi) is 4.46. The van der Waals surface area contributed by atoms with Crippen molar-refractivity contribution in [1.82, 2.24) is 5.32 Å². The van der Waals surface area contributed by atoms with Crippen molar-refractivity contribution in [1.29, 1.82) is 0 Å².